The molecular weight excluding hydrogens is 278 g/mol. The van der Waals surface area contributed by atoms with E-state index in [1.807, 2.05) is 0 Å². The number of rotatable bonds is 1. The standard InChI is InChI=1S/C20H32F2/c1-13-9-15-7-4-8-20(22,11-13)17(15)19(2)12-14-5-3-6-16(10-14)18(19)21/h13-18H,3-12H2,1-2H3. The van der Waals surface area contributed by atoms with Gasteiger partial charge in [0.2, 0.25) is 0 Å². The monoisotopic (exact) mass is 310 g/mol. The Hall–Kier alpha value is -0.140. The van der Waals surface area contributed by atoms with Crippen molar-refractivity contribution in [3.05, 3.63) is 0 Å². The van der Waals surface area contributed by atoms with Gasteiger partial charge in [0, 0.05) is 11.3 Å². The lowest BCUT2D eigenvalue weighted by molar-refractivity contribution is -0.172. The van der Waals surface area contributed by atoms with Crippen molar-refractivity contribution in [2.75, 3.05) is 0 Å². The van der Waals surface area contributed by atoms with Crippen LogP contribution in [0.4, 0.5) is 8.78 Å². The van der Waals surface area contributed by atoms with Gasteiger partial charge >= 0.3 is 0 Å². The van der Waals surface area contributed by atoms with Crippen LogP contribution in [0.1, 0.15) is 78.1 Å². The Kier molecular flexibility index (Phi) is 3.62. The van der Waals surface area contributed by atoms with Crippen LogP contribution in [-0.2, 0) is 0 Å². The van der Waals surface area contributed by atoms with Gasteiger partial charge in [0.25, 0.3) is 0 Å². The number of hydrogen-bond donors (Lipinski definition) is 0. The largest absolute Gasteiger partial charge is 0.247 e. The van der Waals surface area contributed by atoms with Crippen molar-refractivity contribution in [2.24, 2.45) is 35.0 Å². The van der Waals surface area contributed by atoms with Crippen LogP contribution in [0.25, 0.3) is 0 Å². The zero-order valence-corrected chi connectivity index (χ0v) is 14.3. The second-order valence-electron chi connectivity index (χ2n) is 9.61. The molecule has 22 heavy (non-hydrogen) atoms. The molecule has 0 spiro atoms. The molecule has 0 heterocycles. The van der Waals surface area contributed by atoms with Gasteiger partial charge in [-0.25, -0.2) is 8.78 Å². The Bertz CT molecular complexity index is 435. The summed E-state index contributed by atoms with van der Waals surface area (Å²) in [6.45, 7) is 4.34. The second-order valence-corrected chi connectivity index (χ2v) is 9.61. The fourth-order valence-corrected chi connectivity index (χ4v) is 7.55. The molecule has 0 aromatic rings. The predicted octanol–water partition coefficient (Wildman–Crippen LogP) is 6.10. The van der Waals surface area contributed by atoms with E-state index in [2.05, 4.69) is 13.8 Å². The van der Waals surface area contributed by atoms with Crippen LogP contribution < -0.4 is 0 Å². The van der Waals surface area contributed by atoms with E-state index in [4.69, 9.17) is 0 Å². The first kappa shape index (κ1) is 15.4. The van der Waals surface area contributed by atoms with Gasteiger partial charge in [0.05, 0.1) is 0 Å². The molecule has 0 aromatic heterocycles. The van der Waals surface area contributed by atoms with Crippen molar-refractivity contribution in [3.63, 3.8) is 0 Å². The van der Waals surface area contributed by atoms with Crippen molar-refractivity contribution >= 4 is 0 Å². The smallest absolute Gasteiger partial charge is 0.115 e. The quantitative estimate of drug-likeness (QED) is 0.549. The van der Waals surface area contributed by atoms with E-state index in [-0.39, 0.29) is 11.8 Å². The molecule has 2 heteroatoms. The maximum atomic E-state index is 15.9. The lowest BCUT2D eigenvalue weighted by Gasteiger charge is -2.60. The number of hydrogen-bond acceptors (Lipinski definition) is 0. The molecule has 0 aromatic carbocycles. The molecule has 0 aliphatic heterocycles. The summed E-state index contributed by atoms with van der Waals surface area (Å²) in [5.74, 6) is 1.80. The van der Waals surface area contributed by atoms with E-state index >= 15 is 8.78 Å². The molecule has 4 aliphatic carbocycles. The minimum atomic E-state index is -1.08. The normalized spacial score (nSPS) is 58.4. The van der Waals surface area contributed by atoms with E-state index in [1.165, 1.54) is 12.8 Å². The highest BCUT2D eigenvalue weighted by atomic mass is 19.1. The van der Waals surface area contributed by atoms with Crippen LogP contribution >= 0.6 is 0 Å². The van der Waals surface area contributed by atoms with Crippen molar-refractivity contribution in [2.45, 2.75) is 89.9 Å². The molecule has 0 radical (unpaired) electrons. The van der Waals surface area contributed by atoms with Crippen LogP contribution in [0, 0.1) is 35.0 Å². The predicted molar refractivity (Wildman–Crippen MR) is 86.1 cm³/mol. The minimum Gasteiger partial charge on any atom is -0.247 e. The van der Waals surface area contributed by atoms with Crippen LogP contribution in [0.2, 0.25) is 0 Å². The van der Waals surface area contributed by atoms with Crippen molar-refractivity contribution in [1.82, 2.24) is 0 Å². The lowest BCUT2D eigenvalue weighted by atomic mass is 9.46. The third-order valence-corrected chi connectivity index (χ3v) is 7.90. The van der Waals surface area contributed by atoms with Gasteiger partial charge in [-0.3, -0.25) is 0 Å². The molecule has 4 aliphatic rings. The summed E-state index contributed by atoms with van der Waals surface area (Å²) >= 11 is 0. The van der Waals surface area contributed by atoms with Crippen molar-refractivity contribution in [3.8, 4) is 0 Å². The van der Waals surface area contributed by atoms with Gasteiger partial charge in [0.15, 0.2) is 0 Å². The number of halogens is 2. The molecule has 126 valence electrons. The summed E-state index contributed by atoms with van der Waals surface area (Å²) in [4.78, 5) is 0. The highest BCUT2D eigenvalue weighted by molar-refractivity contribution is 5.11. The van der Waals surface area contributed by atoms with Gasteiger partial charge in [-0.1, -0.05) is 26.7 Å². The Morgan fingerprint density at radius 1 is 0.955 bits per heavy atom. The average molecular weight is 310 g/mol. The molecule has 0 amide bonds. The maximum Gasteiger partial charge on any atom is 0.115 e. The van der Waals surface area contributed by atoms with Crippen molar-refractivity contribution in [1.29, 1.82) is 0 Å². The van der Waals surface area contributed by atoms with Crippen LogP contribution in [0.3, 0.4) is 0 Å². The fraction of sp³-hybridized carbons (Fsp3) is 1.00. The molecule has 0 nitrogen and oxygen atoms in total. The third-order valence-electron chi connectivity index (χ3n) is 7.90. The third kappa shape index (κ3) is 2.18. The summed E-state index contributed by atoms with van der Waals surface area (Å²) in [6, 6.07) is 0. The molecule has 4 saturated carbocycles. The molecule has 4 bridgehead atoms. The van der Waals surface area contributed by atoms with E-state index in [0.717, 1.165) is 38.5 Å². The van der Waals surface area contributed by atoms with Gasteiger partial charge in [0.1, 0.15) is 11.8 Å². The molecule has 4 fully saturated rings. The first-order chi connectivity index (χ1) is 10.4. The van der Waals surface area contributed by atoms with Crippen molar-refractivity contribution < 1.29 is 8.78 Å². The van der Waals surface area contributed by atoms with Gasteiger partial charge in [-0.05, 0) is 75.0 Å². The highest BCUT2D eigenvalue weighted by Gasteiger charge is 2.62. The Morgan fingerprint density at radius 2 is 1.73 bits per heavy atom. The molecule has 0 N–H and O–H groups in total. The number of alkyl halides is 2. The zero-order chi connectivity index (χ0) is 15.5. The first-order valence-corrected chi connectivity index (χ1v) is 9.75. The highest BCUT2D eigenvalue weighted by Crippen LogP contribution is 2.64. The molecule has 0 saturated heterocycles. The first-order valence-electron chi connectivity index (χ1n) is 9.75. The topological polar surface area (TPSA) is 0 Å². The molecule has 8 unspecified atom stereocenters. The van der Waals surface area contributed by atoms with E-state index in [9.17, 15) is 0 Å². The fourth-order valence-electron chi connectivity index (χ4n) is 7.55. The summed E-state index contributed by atoms with van der Waals surface area (Å²) in [6.07, 6.45) is 9.41. The average Bonchev–Trinajstić information content (AvgIpc) is 2.43. The number of fused-ring (bicyclic) bond motifs is 4. The van der Waals surface area contributed by atoms with Crippen LogP contribution in [0.15, 0.2) is 0 Å². The van der Waals surface area contributed by atoms with Gasteiger partial charge in [-0.2, -0.15) is 0 Å². The van der Waals surface area contributed by atoms with Crippen LogP contribution in [-0.4, -0.2) is 11.8 Å². The summed E-state index contributed by atoms with van der Waals surface area (Å²) < 4.78 is 31.4. The molecule has 8 atom stereocenters. The van der Waals surface area contributed by atoms with Crippen LogP contribution in [0.5, 0.6) is 0 Å². The SMILES string of the molecule is CC1CC2CCCC(F)(C1)C2C1(C)CC2CCCC(C2)C1F. The molecule has 4 rings (SSSR count). The van der Waals surface area contributed by atoms with Gasteiger partial charge in [-0.15, -0.1) is 0 Å². The summed E-state index contributed by atoms with van der Waals surface area (Å²) in [5.41, 5.74) is -1.47. The Balaban J connectivity index is 1.69. The van der Waals surface area contributed by atoms with Gasteiger partial charge < -0.3 is 0 Å². The summed E-state index contributed by atoms with van der Waals surface area (Å²) in [5, 5.41) is 0. The van der Waals surface area contributed by atoms with E-state index in [1.54, 1.807) is 0 Å². The Labute approximate surface area is 134 Å². The minimum absolute atomic E-state index is 0.0108. The Morgan fingerprint density at radius 3 is 2.50 bits per heavy atom. The lowest BCUT2D eigenvalue weighted by Crippen LogP contribution is -2.60. The summed E-state index contributed by atoms with van der Waals surface area (Å²) in [7, 11) is 0. The molecular formula is C20H32F2. The zero-order valence-electron chi connectivity index (χ0n) is 14.3. The second kappa shape index (κ2) is 5.18. The van der Waals surface area contributed by atoms with E-state index < -0.39 is 17.3 Å². The van der Waals surface area contributed by atoms with E-state index in [0.29, 0.717) is 30.6 Å². The maximum absolute atomic E-state index is 15.9.